The van der Waals surface area contributed by atoms with Crippen LogP contribution in [0.1, 0.15) is 0 Å². The van der Waals surface area contributed by atoms with Crippen LogP contribution >= 0.6 is 11.6 Å². The number of anilines is 1. The minimum atomic E-state index is -2.80. The van der Waals surface area contributed by atoms with Gasteiger partial charge in [0.1, 0.15) is 11.0 Å². The van der Waals surface area contributed by atoms with E-state index >= 15 is 0 Å². The van der Waals surface area contributed by atoms with Crippen LogP contribution < -0.4 is 5.32 Å². The first-order chi connectivity index (χ1) is 6.55. The van der Waals surface area contributed by atoms with Gasteiger partial charge < -0.3 is 5.32 Å². The second-order valence-corrected chi connectivity index (χ2v) is 5.68. The summed E-state index contributed by atoms with van der Waals surface area (Å²) >= 11 is 5.54. The number of rotatable bonds is 2. The van der Waals surface area contributed by atoms with E-state index in [4.69, 9.17) is 11.6 Å². The first kappa shape index (κ1) is 9.67. The van der Waals surface area contributed by atoms with Crippen LogP contribution in [0.3, 0.4) is 0 Å². The quantitative estimate of drug-likeness (QED) is 0.798. The molecular formula is C7H8ClN3O2S. The largest absolute Gasteiger partial charge is 0.364 e. The lowest BCUT2D eigenvalue weighted by Gasteiger charge is -2.26. The van der Waals surface area contributed by atoms with Gasteiger partial charge in [0.05, 0.1) is 29.9 Å². The normalized spacial score (nSPS) is 20.1. The zero-order valence-corrected chi connectivity index (χ0v) is 8.72. The molecule has 5 nitrogen and oxygen atoms in total. The van der Waals surface area contributed by atoms with Crippen LogP contribution in [0.15, 0.2) is 12.4 Å². The van der Waals surface area contributed by atoms with Gasteiger partial charge in [-0.25, -0.2) is 18.4 Å². The molecule has 0 bridgehead atoms. The zero-order chi connectivity index (χ0) is 10.2. The van der Waals surface area contributed by atoms with Gasteiger partial charge in [-0.15, -0.1) is 0 Å². The van der Waals surface area contributed by atoms with Gasteiger partial charge >= 0.3 is 0 Å². The lowest BCUT2D eigenvalue weighted by Crippen LogP contribution is -2.46. The van der Waals surface area contributed by atoms with E-state index in [9.17, 15) is 8.42 Å². The number of halogens is 1. The molecule has 0 saturated carbocycles. The maximum Gasteiger partial charge on any atom is 0.154 e. The highest BCUT2D eigenvalue weighted by molar-refractivity contribution is 7.92. The molecule has 0 radical (unpaired) electrons. The van der Waals surface area contributed by atoms with E-state index in [1.807, 2.05) is 0 Å². The van der Waals surface area contributed by atoms with Crippen molar-refractivity contribution in [3.05, 3.63) is 17.5 Å². The summed E-state index contributed by atoms with van der Waals surface area (Å²) in [5, 5.41) is 3.27. The number of aromatic nitrogens is 2. The van der Waals surface area contributed by atoms with Gasteiger partial charge in [-0.05, 0) is 0 Å². The van der Waals surface area contributed by atoms with E-state index in [1.165, 1.54) is 12.4 Å². The van der Waals surface area contributed by atoms with Crippen LogP contribution in [0.2, 0.25) is 5.15 Å². The molecular weight excluding hydrogens is 226 g/mol. The topological polar surface area (TPSA) is 72.0 Å². The molecule has 0 aliphatic carbocycles. The summed E-state index contributed by atoms with van der Waals surface area (Å²) in [4.78, 5) is 7.77. The first-order valence-corrected chi connectivity index (χ1v) is 6.20. The van der Waals surface area contributed by atoms with Gasteiger partial charge in [0.15, 0.2) is 9.84 Å². The second kappa shape index (κ2) is 3.36. The number of sulfone groups is 1. The maximum atomic E-state index is 10.8. The van der Waals surface area contributed by atoms with Crippen LogP contribution in [-0.4, -0.2) is 35.9 Å². The third-order valence-corrected chi connectivity index (χ3v) is 3.90. The summed E-state index contributed by atoms with van der Waals surface area (Å²) in [6.45, 7) is 0. The molecule has 14 heavy (non-hydrogen) atoms. The summed E-state index contributed by atoms with van der Waals surface area (Å²) in [6, 6.07) is -0.0459. The number of nitrogens with one attached hydrogen (secondary N) is 1. The Morgan fingerprint density at radius 3 is 2.57 bits per heavy atom. The average Bonchev–Trinajstić information content (AvgIpc) is 2.06. The minimum Gasteiger partial charge on any atom is -0.364 e. The van der Waals surface area contributed by atoms with Crippen LogP contribution in [0.4, 0.5) is 5.82 Å². The SMILES string of the molecule is O=S1(=O)CC(Nc2cnc(Cl)cn2)C1. The molecule has 1 N–H and O–H groups in total. The Hall–Kier alpha value is -0.880. The summed E-state index contributed by atoms with van der Waals surface area (Å²) in [6.07, 6.45) is 2.89. The lowest BCUT2D eigenvalue weighted by atomic mass is 10.4. The van der Waals surface area contributed by atoms with Crippen molar-refractivity contribution >= 4 is 27.3 Å². The number of hydrogen-bond donors (Lipinski definition) is 1. The van der Waals surface area contributed by atoms with Crippen molar-refractivity contribution in [3.8, 4) is 0 Å². The van der Waals surface area contributed by atoms with Crippen molar-refractivity contribution in [1.29, 1.82) is 0 Å². The molecule has 1 aliphatic rings. The van der Waals surface area contributed by atoms with Gasteiger partial charge in [0.2, 0.25) is 0 Å². The highest BCUT2D eigenvalue weighted by atomic mass is 35.5. The predicted octanol–water partition coefficient (Wildman–Crippen LogP) is 0.339. The summed E-state index contributed by atoms with van der Waals surface area (Å²) < 4.78 is 21.7. The standard InChI is InChI=1S/C7H8ClN3O2S/c8-6-1-10-7(2-9-6)11-5-3-14(12,13)4-5/h1-2,5H,3-4H2,(H,10,11). The Kier molecular flexibility index (Phi) is 2.32. The fourth-order valence-corrected chi connectivity index (χ4v) is 2.64. The van der Waals surface area contributed by atoms with Crippen molar-refractivity contribution in [2.75, 3.05) is 16.8 Å². The Morgan fingerprint density at radius 1 is 1.36 bits per heavy atom. The van der Waals surface area contributed by atoms with Crippen molar-refractivity contribution < 1.29 is 8.42 Å². The molecule has 0 amide bonds. The molecule has 1 aromatic heterocycles. The molecule has 2 rings (SSSR count). The van der Waals surface area contributed by atoms with Crippen LogP contribution in [0, 0.1) is 0 Å². The number of nitrogens with zero attached hydrogens (tertiary/aromatic N) is 2. The van der Waals surface area contributed by atoms with E-state index in [1.54, 1.807) is 0 Å². The Morgan fingerprint density at radius 2 is 2.07 bits per heavy atom. The molecule has 0 aromatic carbocycles. The molecule has 0 unspecified atom stereocenters. The van der Waals surface area contributed by atoms with Crippen LogP contribution in [0.5, 0.6) is 0 Å². The monoisotopic (exact) mass is 233 g/mol. The smallest absolute Gasteiger partial charge is 0.154 e. The van der Waals surface area contributed by atoms with Gasteiger partial charge in [0, 0.05) is 0 Å². The second-order valence-electron chi connectivity index (χ2n) is 3.14. The van der Waals surface area contributed by atoms with E-state index in [-0.39, 0.29) is 17.5 Å². The molecule has 0 spiro atoms. The fraction of sp³-hybridized carbons (Fsp3) is 0.429. The van der Waals surface area contributed by atoms with Gasteiger partial charge in [-0.2, -0.15) is 0 Å². The summed E-state index contributed by atoms with van der Waals surface area (Å²) in [5.41, 5.74) is 0. The number of hydrogen-bond acceptors (Lipinski definition) is 5. The molecule has 76 valence electrons. The van der Waals surface area contributed by atoms with E-state index in [2.05, 4.69) is 15.3 Å². The molecule has 1 saturated heterocycles. The van der Waals surface area contributed by atoms with Crippen molar-refractivity contribution in [3.63, 3.8) is 0 Å². The van der Waals surface area contributed by atoms with Crippen LogP contribution in [0.25, 0.3) is 0 Å². The Bertz CT molecular complexity index is 419. The highest BCUT2D eigenvalue weighted by Crippen LogP contribution is 2.15. The molecule has 1 fully saturated rings. The molecule has 0 atom stereocenters. The average molecular weight is 234 g/mol. The summed E-state index contributed by atoms with van der Waals surface area (Å²) in [7, 11) is -2.80. The van der Waals surface area contributed by atoms with Crippen molar-refractivity contribution in [2.24, 2.45) is 0 Å². The van der Waals surface area contributed by atoms with E-state index in [0.29, 0.717) is 11.0 Å². The fourth-order valence-electron chi connectivity index (χ4n) is 1.24. The molecule has 1 aliphatic heterocycles. The minimum absolute atomic E-state index is 0.0459. The van der Waals surface area contributed by atoms with Crippen molar-refractivity contribution in [2.45, 2.75) is 6.04 Å². The molecule has 7 heteroatoms. The summed E-state index contributed by atoms with van der Waals surface area (Å²) in [5.74, 6) is 0.878. The lowest BCUT2D eigenvalue weighted by molar-refractivity contribution is 0.570. The van der Waals surface area contributed by atoms with Gasteiger partial charge in [0.25, 0.3) is 0 Å². The Balaban J connectivity index is 1.97. The van der Waals surface area contributed by atoms with Gasteiger partial charge in [-0.3, -0.25) is 0 Å². The maximum absolute atomic E-state index is 10.8. The third kappa shape index (κ3) is 2.13. The molecule has 1 aromatic rings. The zero-order valence-electron chi connectivity index (χ0n) is 7.14. The molecule has 2 heterocycles. The highest BCUT2D eigenvalue weighted by Gasteiger charge is 2.33. The van der Waals surface area contributed by atoms with Crippen molar-refractivity contribution in [1.82, 2.24) is 9.97 Å². The Labute approximate surface area is 86.4 Å². The third-order valence-electron chi connectivity index (χ3n) is 1.88. The van der Waals surface area contributed by atoms with E-state index in [0.717, 1.165) is 0 Å². The van der Waals surface area contributed by atoms with E-state index < -0.39 is 9.84 Å². The first-order valence-electron chi connectivity index (χ1n) is 4.00. The van der Waals surface area contributed by atoms with Gasteiger partial charge in [-0.1, -0.05) is 11.6 Å². The van der Waals surface area contributed by atoms with Crippen LogP contribution in [-0.2, 0) is 9.84 Å². The predicted molar refractivity (Wildman–Crippen MR) is 53.1 cm³/mol.